The third kappa shape index (κ3) is 6.39. The molecule has 272 valence electrons. The van der Waals surface area contributed by atoms with Crippen LogP contribution in [0.15, 0.2) is 194 Å². The van der Waals surface area contributed by atoms with Gasteiger partial charge in [0.25, 0.3) is 0 Å². The maximum atomic E-state index is 5.43. The highest BCUT2D eigenvalue weighted by Crippen LogP contribution is 2.38. The minimum atomic E-state index is 0.453. The van der Waals surface area contributed by atoms with Gasteiger partial charge in [0.2, 0.25) is 0 Å². The number of benzene rings is 5. The predicted octanol–water partition coefficient (Wildman–Crippen LogP) is 13.2. The van der Waals surface area contributed by atoms with Gasteiger partial charge in [-0.25, -0.2) is 15.0 Å². The first-order chi connectivity index (χ1) is 28.1. The Morgan fingerprint density at radius 2 is 0.789 bits per heavy atom. The number of imidazole rings is 2. The first-order valence-corrected chi connectivity index (χ1v) is 19.5. The lowest BCUT2D eigenvalue weighted by molar-refractivity contribution is 0.867. The van der Waals surface area contributed by atoms with Gasteiger partial charge in [0.15, 0.2) is 0 Å². The van der Waals surface area contributed by atoms with E-state index in [2.05, 4.69) is 193 Å². The van der Waals surface area contributed by atoms with Crippen molar-refractivity contribution in [3.63, 3.8) is 0 Å². The van der Waals surface area contributed by atoms with Crippen LogP contribution in [0.4, 0.5) is 0 Å². The SMILES string of the molecule is CC(C)c1ccc(-c2cc(-c3cccc(-c4c(-c5ccccc5)nc5ccccn45)c3)nc(-c3cccc(-c4c(-c5ccccc5)nc5ccccn45)c3)c2)cc1. The Labute approximate surface area is 332 Å². The third-order valence-electron chi connectivity index (χ3n) is 10.8. The number of rotatable bonds is 8. The van der Waals surface area contributed by atoms with Crippen molar-refractivity contribution in [3.8, 4) is 78.7 Å². The van der Waals surface area contributed by atoms with E-state index in [-0.39, 0.29) is 0 Å². The lowest BCUT2D eigenvalue weighted by Gasteiger charge is -2.14. The zero-order valence-corrected chi connectivity index (χ0v) is 31.8. The summed E-state index contributed by atoms with van der Waals surface area (Å²) in [6, 6.07) is 64.0. The summed E-state index contributed by atoms with van der Waals surface area (Å²) in [5, 5.41) is 0. The van der Waals surface area contributed by atoms with Crippen molar-refractivity contribution in [1.29, 1.82) is 0 Å². The highest BCUT2D eigenvalue weighted by Gasteiger charge is 2.19. The summed E-state index contributed by atoms with van der Waals surface area (Å²) in [5.74, 6) is 0.453. The molecule has 0 radical (unpaired) electrons. The Morgan fingerprint density at radius 1 is 0.351 bits per heavy atom. The summed E-state index contributed by atoms with van der Waals surface area (Å²) >= 11 is 0. The van der Waals surface area contributed by atoms with Gasteiger partial charge >= 0.3 is 0 Å². The van der Waals surface area contributed by atoms with Gasteiger partial charge in [-0.05, 0) is 71.1 Å². The van der Waals surface area contributed by atoms with Crippen LogP contribution in [0.3, 0.4) is 0 Å². The molecule has 5 heteroatoms. The first kappa shape index (κ1) is 34.1. The number of nitrogens with zero attached hydrogens (tertiary/aromatic N) is 5. The minimum Gasteiger partial charge on any atom is -0.299 e. The van der Waals surface area contributed by atoms with Gasteiger partial charge in [-0.1, -0.05) is 147 Å². The Hall–Kier alpha value is -7.37. The predicted molar refractivity (Wildman–Crippen MR) is 234 cm³/mol. The molecule has 0 fully saturated rings. The molecule has 0 aliphatic heterocycles. The van der Waals surface area contributed by atoms with Crippen LogP contribution in [-0.4, -0.2) is 23.8 Å². The monoisotopic (exact) mass is 733 g/mol. The van der Waals surface area contributed by atoms with Gasteiger partial charge in [-0.3, -0.25) is 8.80 Å². The van der Waals surface area contributed by atoms with Crippen molar-refractivity contribution >= 4 is 11.3 Å². The maximum absolute atomic E-state index is 5.43. The molecule has 10 aromatic rings. The van der Waals surface area contributed by atoms with E-state index >= 15 is 0 Å². The fourth-order valence-electron chi connectivity index (χ4n) is 7.84. The van der Waals surface area contributed by atoms with Gasteiger partial charge < -0.3 is 0 Å². The van der Waals surface area contributed by atoms with Crippen LogP contribution in [0.5, 0.6) is 0 Å². The second-order valence-electron chi connectivity index (χ2n) is 14.8. The second-order valence-corrected chi connectivity index (χ2v) is 14.8. The fourth-order valence-corrected chi connectivity index (χ4v) is 7.84. The lowest BCUT2D eigenvalue weighted by atomic mass is 9.95. The van der Waals surface area contributed by atoms with Crippen molar-refractivity contribution < 1.29 is 0 Å². The summed E-state index contributed by atoms with van der Waals surface area (Å²) in [7, 11) is 0. The van der Waals surface area contributed by atoms with E-state index in [0.29, 0.717) is 5.92 Å². The highest BCUT2D eigenvalue weighted by molar-refractivity contribution is 5.87. The van der Waals surface area contributed by atoms with E-state index in [9.17, 15) is 0 Å². The molecule has 0 aliphatic carbocycles. The van der Waals surface area contributed by atoms with Gasteiger partial charge in [0.05, 0.1) is 34.2 Å². The van der Waals surface area contributed by atoms with E-state index in [4.69, 9.17) is 15.0 Å². The number of pyridine rings is 3. The lowest BCUT2D eigenvalue weighted by Crippen LogP contribution is -1.94. The number of aromatic nitrogens is 5. The second kappa shape index (κ2) is 14.4. The smallest absolute Gasteiger partial charge is 0.137 e. The molecular formula is C52H39N5. The zero-order chi connectivity index (χ0) is 38.3. The van der Waals surface area contributed by atoms with Gasteiger partial charge in [-0.15, -0.1) is 0 Å². The van der Waals surface area contributed by atoms with Crippen molar-refractivity contribution in [1.82, 2.24) is 23.8 Å². The van der Waals surface area contributed by atoms with Crippen molar-refractivity contribution in [2.45, 2.75) is 19.8 Å². The van der Waals surface area contributed by atoms with Crippen LogP contribution < -0.4 is 0 Å². The topological polar surface area (TPSA) is 47.5 Å². The van der Waals surface area contributed by atoms with E-state index in [1.807, 2.05) is 24.3 Å². The number of hydrogen-bond donors (Lipinski definition) is 0. The summed E-state index contributed by atoms with van der Waals surface area (Å²) in [6.45, 7) is 4.47. The molecule has 0 saturated carbocycles. The maximum Gasteiger partial charge on any atom is 0.137 e. The Balaban J connectivity index is 1.14. The molecular weight excluding hydrogens is 695 g/mol. The first-order valence-electron chi connectivity index (χ1n) is 19.5. The van der Waals surface area contributed by atoms with E-state index in [0.717, 1.165) is 90.0 Å². The average molecular weight is 734 g/mol. The van der Waals surface area contributed by atoms with Crippen LogP contribution in [0.2, 0.25) is 0 Å². The molecule has 0 saturated heterocycles. The largest absolute Gasteiger partial charge is 0.299 e. The molecule has 0 bridgehead atoms. The molecule has 0 unspecified atom stereocenters. The van der Waals surface area contributed by atoms with E-state index < -0.39 is 0 Å². The summed E-state index contributed by atoms with van der Waals surface area (Å²) < 4.78 is 4.37. The molecule has 0 atom stereocenters. The van der Waals surface area contributed by atoms with E-state index in [1.54, 1.807) is 0 Å². The quantitative estimate of drug-likeness (QED) is 0.156. The summed E-state index contributed by atoms with van der Waals surface area (Å²) in [6.07, 6.45) is 4.18. The van der Waals surface area contributed by atoms with Crippen LogP contribution in [0.25, 0.3) is 90.0 Å². The standard InChI is InChI=1S/C52H39N5/c1-35(2)36-25-27-37(28-26-36)44-33-45(40-19-13-21-42(31-40)51-49(38-15-5-3-6-16-38)54-47-23-9-11-29-56(47)51)53-46(34-44)41-20-14-22-43(32-41)52-50(39-17-7-4-8-18-39)55-48-24-10-12-30-57(48)52/h3-35H,1-2H3. The van der Waals surface area contributed by atoms with Gasteiger partial charge in [0.1, 0.15) is 11.3 Å². The number of hydrogen-bond acceptors (Lipinski definition) is 3. The molecule has 5 aromatic heterocycles. The van der Waals surface area contributed by atoms with Crippen LogP contribution >= 0.6 is 0 Å². The number of fused-ring (bicyclic) bond motifs is 2. The Morgan fingerprint density at radius 3 is 1.26 bits per heavy atom. The molecule has 0 spiro atoms. The molecule has 57 heavy (non-hydrogen) atoms. The highest BCUT2D eigenvalue weighted by atomic mass is 15.0. The van der Waals surface area contributed by atoms with Crippen molar-refractivity contribution in [3.05, 3.63) is 200 Å². The van der Waals surface area contributed by atoms with Gasteiger partial charge in [0, 0.05) is 45.8 Å². The zero-order valence-electron chi connectivity index (χ0n) is 31.8. The fraction of sp³-hybridized carbons (Fsp3) is 0.0577. The van der Waals surface area contributed by atoms with Crippen LogP contribution in [-0.2, 0) is 0 Å². The average Bonchev–Trinajstić information content (AvgIpc) is 3.87. The van der Waals surface area contributed by atoms with E-state index in [1.165, 1.54) is 5.56 Å². The molecule has 10 rings (SSSR count). The third-order valence-corrected chi connectivity index (χ3v) is 10.8. The molecule has 5 heterocycles. The van der Waals surface area contributed by atoms with Crippen LogP contribution in [0.1, 0.15) is 25.3 Å². The molecule has 5 nitrogen and oxygen atoms in total. The van der Waals surface area contributed by atoms with Gasteiger partial charge in [-0.2, -0.15) is 0 Å². The van der Waals surface area contributed by atoms with Crippen LogP contribution in [0, 0.1) is 0 Å². The Bertz CT molecular complexity index is 2850. The summed E-state index contributed by atoms with van der Waals surface area (Å²) in [4.78, 5) is 15.6. The summed E-state index contributed by atoms with van der Waals surface area (Å²) in [5.41, 5.74) is 17.6. The molecule has 5 aromatic carbocycles. The Kier molecular flexibility index (Phi) is 8.61. The molecule has 0 N–H and O–H groups in total. The normalized spacial score (nSPS) is 11.5. The van der Waals surface area contributed by atoms with Crippen molar-refractivity contribution in [2.24, 2.45) is 0 Å². The molecule has 0 amide bonds. The molecule has 0 aliphatic rings. The minimum absolute atomic E-state index is 0.453. The van der Waals surface area contributed by atoms with Crippen molar-refractivity contribution in [2.75, 3.05) is 0 Å².